The summed E-state index contributed by atoms with van der Waals surface area (Å²) < 4.78 is 53.6. The average Bonchev–Trinajstić information content (AvgIpc) is 2.70. The lowest BCUT2D eigenvalue weighted by Gasteiger charge is -2.30. The molecule has 0 radical (unpaired) electrons. The Balaban J connectivity index is 1.63. The summed E-state index contributed by atoms with van der Waals surface area (Å²) in [5.41, 5.74) is 1.86. The third kappa shape index (κ3) is 4.39. The number of piperidine rings is 1. The minimum atomic E-state index is -4.14. The van der Waals surface area contributed by atoms with E-state index in [0.717, 1.165) is 22.9 Å². The molecule has 2 aromatic rings. The number of halogens is 2. The third-order valence-electron chi connectivity index (χ3n) is 4.97. The Morgan fingerprint density at radius 3 is 2.36 bits per heavy atom. The van der Waals surface area contributed by atoms with Crippen LogP contribution in [0.25, 0.3) is 0 Å². The van der Waals surface area contributed by atoms with Crippen LogP contribution in [0.2, 0.25) is 0 Å². The molecule has 1 aliphatic heterocycles. The van der Waals surface area contributed by atoms with Gasteiger partial charge in [0.1, 0.15) is 16.5 Å². The van der Waals surface area contributed by atoms with Gasteiger partial charge in [0.2, 0.25) is 15.9 Å². The van der Waals surface area contributed by atoms with Gasteiger partial charge < -0.3 is 5.32 Å². The van der Waals surface area contributed by atoms with Gasteiger partial charge in [-0.1, -0.05) is 19.1 Å². The third-order valence-corrected chi connectivity index (χ3v) is 6.88. The Morgan fingerprint density at radius 1 is 1.11 bits per heavy atom. The molecule has 1 saturated heterocycles. The highest BCUT2D eigenvalue weighted by molar-refractivity contribution is 7.89. The monoisotopic (exact) mass is 408 g/mol. The summed E-state index contributed by atoms with van der Waals surface area (Å²) in [5.74, 6) is -2.31. The average molecular weight is 408 g/mol. The zero-order valence-electron chi connectivity index (χ0n) is 15.5. The molecule has 3 rings (SSSR count). The maximum absolute atomic E-state index is 13.9. The van der Waals surface area contributed by atoms with Crippen LogP contribution < -0.4 is 5.32 Å². The summed E-state index contributed by atoms with van der Waals surface area (Å²) in [6.07, 6.45) is 1.54. The fourth-order valence-electron chi connectivity index (χ4n) is 3.24. The van der Waals surface area contributed by atoms with Crippen molar-refractivity contribution in [3.8, 4) is 0 Å². The molecule has 1 amide bonds. The highest BCUT2D eigenvalue weighted by Gasteiger charge is 2.33. The number of amides is 1. The summed E-state index contributed by atoms with van der Waals surface area (Å²) >= 11 is 0. The number of carbonyl (C=O) groups is 1. The SMILES string of the molecule is CCc1ccc(NC(=O)C2CCN(S(=O)(=O)c3cc(F)ccc3F)CC2)cc1. The fourth-order valence-corrected chi connectivity index (χ4v) is 4.79. The number of rotatable bonds is 5. The molecule has 1 aliphatic rings. The van der Waals surface area contributed by atoms with Gasteiger partial charge in [0.25, 0.3) is 0 Å². The lowest BCUT2D eigenvalue weighted by molar-refractivity contribution is -0.120. The molecular weight excluding hydrogens is 386 g/mol. The van der Waals surface area contributed by atoms with Crippen molar-refractivity contribution in [1.82, 2.24) is 4.31 Å². The maximum Gasteiger partial charge on any atom is 0.246 e. The van der Waals surface area contributed by atoms with E-state index < -0.39 is 26.6 Å². The Bertz CT molecular complexity index is 954. The quantitative estimate of drug-likeness (QED) is 0.823. The van der Waals surface area contributed by atoms with Crippen molar-refractivity contribution in [2.24, 2.45) is 5.92 Å². The molecule has 0 spiro atoms. The fraction of sp³-hybridized carbons (Fsp3) is 0.350. The number of anilines is 1. The van der Waals surface area contributed by atoms with Crippen molar-refractivity contribution in [2.75, 3.05) is 18.4 Å². The Hall–Kier alpha value is -2.32. The number of sulfonamides is 1. The minimum Gasteiger partial charge on any atom is -0.326 e. The van der Waals surface area contributed by atoms with Crippen molar-refractivity contribution < 1.29 is 22.0 Å². The van der Waals surface area contributed by atoms with Crippen molar-refractivity contribution in [1.29, 1.82) is 0 Å². The van der Waals surface area contributed by atoms with Crippen molar-refractivity contribution >= 4 is 21.6 Å². The second-order valence-corrected chi connectivity index (χ2v) is 8.70. The summed E-state index contributed by atoms with van der Waals surface area (Å²) in [7, 11) is -4.14. The van der Waals surface area contributed by atoms with E-state index in [0.29, 0.717) is 24.6 Å². The van der Waals surface area contributed by atoms with E-state index >= 15 is 0 Å². The van der Waals surface area contributed by atoms with E-state index in [1.165, 1.54) is 5.56 Å². The number of nitrogens with one attached hydrogen (secondary N) is 1. The van der Waals surface area contributed by atoms with Crippen LogP contribution in [-0.2, 0) is 21.2 Å². The Morgan fingerprint density at radius 2 is 1.75 bits per heavy atom. The molecule has 1 heterocycles. The summed E-state index contributed by atoms with van der Waals surface area (Å²) in [6.45, 7) is 2.20. The minimum absolute atomic E-state index is 0.0745. The lowest BCUT2D eigenvalue weighted by Crippen LogP contribution is -2.41. The zero-order chi connectivity index (χ0) is 20.3. The molecule has 0 bridgehead atoms. The second kappa shape index (κ2) is 8.36. The van der Waals surface area contributed by atoms with E-state index in [9.17, 15) is 22.0 Å². The zero-order valence-corrected chi connectivity index (χ0v) is 16.3. The maximum atomic E-state index is 13.9. The first-order valence-electron chi connectivity index (χ1n) is 9.16. The van der Waals surface area contributed by atoms with Gasteiger partial charge in [-0.3, -0.25) is 4.79 Å². The predicted molar refractivity (Wildman–Crippen MR) is 102 cm³/mol. The summed E-state index contributed by atoms with van der Waals surface area (Å²) in [4.78, 5) is 11.8. The highest BCUT2D eigenvalue weighted by Crippen LogP contribution is 2.26. The van der Waals surface area contributed by atoms with E-state index in [2.05, 4.69) is 5.32 Å². The van der Waals surface area contributed by atoms with Crippen molar-refractivity contribution in [3.05, 3.63) is 59.7 Å². The van der Waals surface area contributed by atoms with Crippen LogP contribution in [0.1, 0.15) is 25.3 Å². The molecule has 0 atom stereocenters. The van der Waals surface area contributed by atoms with Gasteiger partial charge in [0.05, 0.1) is 0 Å². The van der Waals surface area contributed by atoms with Gasteiger partial charge in [-0.2, -0.15) is 4.31 Å². The Kier molecular flexibility index (Phi) is 6.10. The number of hydrogen-bond acceptors (Lipinski definition) is 3. The smallest absolute Gasteiger partial charge is 0.246 e. The summed E-state index contributed by atoms with van der Waals surface area (Å²) in [6, 6.07) is 9.91. The molecule has 1 fully saturated rings. The highest BCUT2D eigenvalue weighted by atomic mass is 32.2. The van der Waals surface area contributed by atoms with Crippen LogP contribution in [0.5, 0.6) is 0 Å². The lowest BCUT2D eigenvalue weighted by atomic mass is 9.97. The number of benzene rings is 2. The number of aryl methyl sites for hydroxylation is 1. The Labute approximate surface area is 163 Å². The van der Waals surface area contributed by atoms with Crippen LogP contribution in [-0.4, -0.2) is 31.7 Å². The molecule has 0 unspecified atom stereocenters. The molecule has 28 heavy (non-hydrogen) atoms. The normalized spacial score (nSPS) is 16.1. The van der Waals surface area contributed by atoms with Gasteiger partial charge >= 0.3 is 0 Å². The van der Waals surface area contributed by atoms with Crippen LogP contribution in [0, 0.1) is 17.6 Å². The van der Waals surface area contributed by atoms with E-state index in [1.807, 2.05) is 31.2 Å². The van der Waals surface area contributed by atoms with Crippen LogP contribution in [0.15, 0.2) is 47.4 Å². The van der Waals surface area contributed by atoms with E-state index in [1.54, 1.807) is 0 Å². The van der Waals surface area contributed by atoms with Crippen LogP contribution >= 0.6 is 0 Å². The topological polar surface area (TPSA) is 66.5 Å². The molecular formula is C20H22F2N2O3S. The molecule has 0 aromatic heterocycles. The first-order chi connectivity index (χ1) is 13.3. The molecule has 8 heteroatoms. The van der Waals surface area contributed by atoms with E-state index in [-0.39, 0.29) is 24.9 Å². The number of carbonyl (C=O) groups excluding carboxylic acids is 1. The molecule has 2 aromatic carbocycles. The van der Waals surface area contributed by atoms with E-state index in [4.69, 9.17) is 0 Å². The second-order valence-electron chi connectivity index (χ2n) is 6.79. The van der Waals surface area contributed by atoms with Gasteiger partial charge in [0.15, 0.2) is 0 Å². The van der Waals surface area contributed by atoms with Crippen molar-refractivity contribution in [3.63, 3.8) is 0 Å². The van der Waals surface area contributed by atoms with Crippen molar-refractivity contribution in [2.45, 2.75) is 31.1 Å². The number of nitrogens with zero attached hydrogens (tertiary/aromatic N) is 1. The molecule has 150 valence electrons. The first-order valence-corrected chi connectivity index (χ1v) is 10.6. The van der Waals surface area contributed by atoms with Crippen LogP contribution in [0.3, 0.4) is 0 Å². The molecule has 0 saturated carbocycles. The van der Waals surface area contributed by atoms with Gasteiger partial charge in [-0.25, -0.2) is 17.2 Å². The predicted octanol–water partition coefficient (Wildman–Crippen LogP) is 3.57. The van der Waals surface area contributed by atoms with Gasteiger partial charge in [-0.15, -0.1) is 0 Å². The molecule has 5 nitrogen and oxygen atoms in total. The summed E-state index contributed by atoms with van der Waals surface area (Å²) in [5, 5.41) is 2.85. The first kappa shape index (κ1) is 20.4. The molecule has 1 N–H and O–H groups in total. The largest absolute Gasteiger partial charge is 0.326 e. The van der Waals surface area contributed by atoms with Gasteiger partial charge in [-0.05, 0) is 55.2 Å². The van der Waals surface area contributed by atoms with Gasteiger partial charge in [0, 0.05) is 24.7 Å². The van der Waals surface area contributed by atoms with Crippen LogP contribution in [0.4, 0.5) is 14.5 Å². The number of hydrogen-bond donors (Lipinski definition) is 1. The standard InChI is InChI=1S/C20H22F2N2O3S/c1-2-14-3-6-17(7-4-14)23-20(25)15-9-11-24(12-10-15)28(26,27)19-13-16(21)5-8-18(19)22/h3-8,13,15H,2,9-12H2,1H3,(H,23,25). The molecule has 0 aliphatic carbocycles.